The first-order valence-corrected chi connectivity index (χ1v) is 7.96. The van der Waals surface area contributed by atoms with Crippen molar-refractivity contribution in [3.8, 4) is 0 Å². The molecule has 2 aliphatic rings. The summed E-state index contributed by atoms with van der Waals surface area (Å²) in [7, 11) is 0. The van der Waals surface area contributed by atoms with Gasteiger partial charge in [-0.1, -0.05) is 45.4 Å². The van der Waals surface area contributed by atoms with Crippen molar-refractivity contribution >= 4 is 0 Å². The van der Waals surface area contributed by atoms with Crippen molar-refractivity contribution in [3.63, 3.8) is 0 Å². The molecule has 0 N–H and O–H groups in total. The summed E-state index contributed by atoms with van der Waals surface area (Å²) in [5.41, 5.74) is 0. The molecule has 2 fully saturated rings. The van der Waals surface area contributed by atoms with E-state index in [9.17, 15) is 0 Å². The molecule has 1 nitrogen and oxygen atoms in total. The Kier molecular flexibility index (Phi) is 5.84. The highest BCUT2D eigenvalue weighted by molar-refractivity contribution is 4.75. The van der Waals surface area contributed by atoms with Crippen LogP contribution in [0.3, 0.4) is 0 Å². The van der Waals surface area contributed by atoms with Crippen molar-refractivity contribution in [1.29, 1.82) is 0 Å². The van der Waals surface area contributed by atoms with Crippen LogP contribution in [-0.4, -0.2) is 13.2 Å². The molecule has 17 heavy (non-hydrogen) atoms. The summed E-state index contributed by atoms with van der Waals surface area (Å²) < 4.78 is 5.98. The lowest BCUT2D eigenvalue weighted by atomic mass is 9.90. The highest BCUT2D eigenvalue weighted by Crippen LogP contribution is 2.34. The highest BCUT2D eigenvalue weighted by Gasteiger charge is 2.24. The third kappa shape index (κ3) is 4.62. The molecule has 0 aromatic rings. The van der Waals surface area contributed by atoms with Gasteiger partial charge in [-0.15, -0.1) is 0 Å². The summed E-state index contributed by atoms with van der Waals surface area (Å²) in [6, 6.07) is 0. The maximum absolute atomic E-state index is 5.98. The van der Waals surface area contributed by atoms with Crippen LogP contribution in [0, 0.1) is 17.8 Å². The molecule has 0 unspecified atom stereocenters. The van der Waals surface area contributed by atoms with Crippen LogP contribution >= 0.6 is 0 Å². The average Bonchev–Trinajstić information content (AvgIpc) is 2.79. The van der Waals surface area contributed by atoms with Crippen molar-refractivity contribution in [1.82, 2.24) is 0 Å². The maximum Gasteiger partial charge on any atom is 0.0494 e. The molecule has 1 heteroatoms. The first-order chi connectivity index (χ1) is 8.38. The first kappa shape index (κ1) is 13.4. The van der Waals surface area contributed by atoms with Gasteiger partial charge in [0, 0.05) is 13.2 Å². The first-order valence-electron chi connectivity index (χ1n) is 7.96. The number of hydrogen-bond acceptors (Lipinski definition) is 1. The maximum atomic E-state index is 5.98. The lowest BCUT2D eigenvalue weighted by Gasteiger charge is -2.22. The van der Waals surface area contributed by atoms with Gasteiger partial charge in [-0.2, -0.15) is 0 Å². The molecule has 0 spiro atoms. The molecule has 0 amide bonds. The Labute approximate surface area is 107 Å². The molecule has 0 bridgehead atoms. The standard InChI is InChI=1S/C16H30O/c1-2-6-14-9-10-16(11-14)13-17-12-15-7-4-3-5-8-15/h14-16H,2-13H2,1H3/t14-,16-/m1/s1. The van der Waals surface area contributed by atoms with Crippen LogP contribution in [0.15, 0.2) is 0 Å². The lowest BCUT2D eigenvalue weighted by molar-refractivity contribution is 0.0607. The van der Waals surface area contributed by atoms with E-state index in [2.05, 4.69) is 6.92 Å². The summed E-state index contributed by atoms with van der Waals surface area (Å²) in [5, 5.41) is 0. The third-order valence-electron chi connectivity index (χ3n) is 4.78. The molecule has 2 aliphatic carbocycles. The topological polar surface area (TPSA) is 9.23 Å². The minimum absolute atomic E-state index is 0.884. The van der Waals surface area contributed by atoms with Crippen molar-refractivity contribution in [3.05, 3.63) is 0 Å². The van der Waals surface area contributed by atoms with Crippen molar-refractivity contribution < 1.29 is 4.74 Å². The van der Waals surface area contributed by atoms with Crippen LogP contribution in [0.2, 0.25) is 0 Å². The molecule has 0 aromatic heterocycles. The zero-order valence-electron chi connectivity index (χ0n) is 11.6. The van der Waals surface area contributed by atoms with Gasteiger partial charge in [0.1, 0.15) is 0 Å². The fraction of sp³-hybridized carbons (Fsp3) is 1.00. The Morgan fingerprint density at radius 3 is 2.29 bits per heavy atom. The summed E-state index contributed by atoms with van der Waals surface area (Å²) in [6.45, 7) is 4.42. The van der Waals surface area contributed by atoms with E-state index in [1.165, 1.54) is 64.2 Å². The fourth-order valence-electron chi connectivity index (χ4n) is 3.76. The van der Waals surface area contributed by atoms with E-state index < -0.39 is 0 Å². The molecule has 0 aliphatic heterocycles. The summed E-state index contributed by atoms with van der Waals surface area (Å²) in [4.78, 5) is 0. The molecule has 0 radical (unpaired) electrons. The molecular weight excluding hydrogens is 208 g/mol. The highest BCUT2D eigenvalue weighted by atomic mass is 16.5. The van der Waals surface area contributed by atoms with Crippen LogP contribution in [0.5, 0.6) is 0 Å². The Morgan fingerprint density at radius 2 is 1.53 bits per heavy atom. The average molecular weight is 238 g/mol. The predicted molar refractivity (Wildman–Crippen MR) is 73.1 cm³/mol. The third-order valence-corrected chi connectivity index (χ3v) is 4.78. The monoisotopic (exact) mass is 238 g/mol. The van der Waals surface area contributed by atoms with Gasteiger partial charge in [0.2, 0.25) is 0 Å². The quantitative estimate of drug-likeness (QED) is 0.646. The molecule has 100 valence electrons. The lowest BCUT2D eigenvalue weighted by Crippen LogP contribution is -2.16. The zero-order valence-corrected chi connectivity index (χ0v) is 11.6. The predicted octanol–water partition coefficient (Wildman–Crippen LogP) is 4.80. The van der Waals surface area contributed by atoms with Gasteiger partial charge >= 0.3 is 0 Å². The van der Waals surface area contributed by atoms with Crippen LogP contribution in [0.4, 0.5) is 0 Å². The van der Waals surface area contributed by atoms with Crippen LogP contribution in [0.25, 0.3) is 0 Å². The van der Waals surface area contributed by atoms with E-state index >= 15 is 0 Å². The van der Waals surface area contributed by atoms with E-state index in [-0.39, 0.29) is 0 Å². The molecule has 0 aromatic carbocycles. The Hall–Kier alpha value is -0.0400. The summed E-state index contributed by atoms with van der Waals surface area (Å²) in [6.07, 6.45) is 14.3. The molecule has 0 heterocycles. The number of ether oxygens (including phenoxy) is 1. The normalized spacial score (nSPS) is 30.9. The second-order valence-electron chi connectivity index (χ2n) is 6.38. The van der Waals surface area contributed by atoms with Crippen molar-refractivity contribution in [2.45, 2.75) is 71.1 Å². The van der Waals surface area contributed by atoms with E-state index in [4.69, 9.17) is 4.74 Å². The van der Waals surface area contributed by atoms with Crippen molar-refractivity contribution in [2.24, 2.45) is 17.8 Å². The van der Waals surface area contributed by atoms with Gasteiger partial charge in [-0.05, 0) is 43.4 Å². The molecule has 2 rings (SSSR count). The van der Waals surface area contributed by atoms with Gasteiger partial charge in [0.25, 0.3) is 0 Å². The Bertz CT molecular complexity index is 196. The molecule has 2 saturated carbocycles. The molecular formula is C16H30O. The van der Waals surface area contributed by atoms with E-state index in [1.807, 2.05) is 0 Å². The minimum Gasteiger partial charge on any atom is -0.381 e. The second-order valence-corrected chi connectivity index (χ2v) is 6.38. The van der Waals surface area contributed by atoms with Crippen LogP contribution < -0.4 is 0 Å². The van der Waals surface area contributed by atoms with E-state index in [0.717, 1.165) is 31.0 Å². The van der Waals surface area contributed by atoms with E-state index in [0.29, 0.717) is 0 Å². The zero-order chi connectivity index (χ0) is 11.9. The number of hydrogen-bond donors (Lipinski definition) is 0. The van der Waals surface area contributed by atoms with Crippen LogP contribution in [0.1, 0.15) is 71.1 Å². The van der Waals surface area contributed by atoms with Crippen LogP contribution in [-0.2, 0) is 4.74 Å². The van der Waals surface area contributed by atoms with Gasteiger partial charge in [0.15, 0.2) is 0 Å². The Balaban J connectivity index is 1.53. The fourth-order valence-corrected chi connectivity index (χ4v) is 3.76. The number of rotatable bonds is 6. The SMILES string of the molecule is CCC[C@@H]1CC[C@@H](COCC2CCCCC2)C1. The van der Waals surface area contributed by atoms with Gasteiger partial charge in [-0.25, -0.2) is 0 Å². The van der Waals surface area contributed by atoms with E-state index in [1.54, 1.807) is 0 Å². The van der Waals surface area contributed by atoms with Crippen molar-refractivity contribution in [2.75, 3.05) is 13.2 Å². The smallest absolute Gasteiger partial charge is 0.0494 e. The largest absolute Gasteiger partial charge is 0.381 e. The van der Waals surface area contributed by atoms with Gasteiger partial charge < -0.3 is 4.74 Å². The Morgan fingerprint density at radius 1 is 0.824 bits per heavy atom. The molecule has 0 saturated heterocycles. The van der Waals surface area contributed by atoms with Gasteiger partial charge in [-0.3, -0.25) is 0 Å². The van der Waals surface area contributed by atoms with Gasteiger partial charge in [0.05, 0.1) is 0 Å². The minimum atomic E-state index is 0.884. The summed E-state index contributed by atoms with van der Waals surface area (Å²) >= 11 is 0. The molecule has 2 atom stereocenters. The summed E-state index contributed by atoms with van der Waals surface area (Å²) in [5.74, 6) is 2.79. The second kappa shape index (κ2) is 7.41.